The van der Waals surface area contributed by atoms with Crippen molar-refractivity contribution < 1.29 is 9.90 Å². The molecular weight excluding hydrogens is 314 g/mol. The number of halogens is 1. The number of nitrogens with zero attached hydrogens (tertiary/aromatic N) is 2. The minimum atomic E-state index is -0.180. The minimum absolute atomic E-state index is 0.124. The number of aromatic nitrogens is 1. The molecule has 1 heterocycles. The zero-order valence-corrected chi connectivity index (χ0v) is 14.4. The summed E-state index contributed by atoms with van der Waals surface area (Å²) in [6.45, 7) is 0.859. The van der Waals surface area contributed by atoms with Gasteiger partial charge in [0.05, 0.1) is 11.1 Å². The monoisotopic (exact) mass is 339 g/mol. The second kappa shape index (κ2) is 9.08. The summed E-state index contributed by atoms with van der Waals surface area (Å²) >= 11 is 5.83. The molecule has 1 fully saturated rings. The van der Waals surface area contributed by atoms with Crippen molar-refractivity contribution in [2.45, 2.75) is 57.1 Å². The highest BCUT2D eigenvalue weighted by Crippen LogP contribution is 2.18. The van der Waals surface area contributed by atoms with Crippen molar-refractivity contribution in [2.75, 3.05) is 18.5 Å². The van der Waals surface area contributed by atoms with Crippen molar-refractivity contribution in [3.63, 3.8) is 0 Å². The number of pyridine rings is 1. The minimum Gasteiger partial charge on any atom is -0.393 e. The van der Waals surface area contributed by atoms with Crippen molar-refractivity contribution >= 4 is 23.3 Å². The Bertz CT molecular complexity index is 487. The fourth-order valence-electron chi connectivity index (χ4n) is 2.86. The molecule has 0 bridgehead atoms. The van der Waals surface area contributed by atoms with Crippen molar-refractivity contribution in [3.8, 4) is 0 Å². The van der Waals surface area contributed by atoms with E-state index in [4.69, 9.17) is 11.6 Å². The molecule has 0 saturated heterocycles. The Hall–Kier alpha value is -1.33. The lowest BCUT2D eigenvalue weighted by atomic mass is 9.93. The molecule has 2 rings (SSSR count). The van der Waals surface area contributed by atoms with Crippen LogP contribution < -0.4 is 10.2 Å². The number of carbonyl (C=O) groups excluding carboxylic acids is 1. The summed E-state index contributed by atoms with van der Waals surface area (Å²) in [5.74, 6) is 1.01. The molecule has 0 unspecified atom stereocenters. The smallest absolute Gasteiger partial charge is 0.220 e. The van der Waals surface area contributed by atoms with Gasteiger partial charge in [-0.2, -0.15) is 0 Å². The normalized spacial score (nSPS) is 21.0. The van der Waals surface area contributed by atoms with E-state index in [0.717, 1.165) is 50.9 Å². The van der Waals surface area contributed by atoms with Crippen LogP contribution in [0, 0.1) is 0 Å². The summed E-state index contributed by atoms with van der Waals surface area (Å²) in [6.07, 6.45) is 7.18. The first-order valence-corrected chi connectivity index (χ1v) is 8.72. The van der Waals surface area contributed by atoms with Gasteiger partial charge in [-0.25, -0.2) is 4.98 Å². The Balaban J connectivity index is 1.59. The summed E-state index contributed by atoms with van der Waals surface area (Å²) in [5, 5.41) is 13.2. The van der Waals surface area contributed by atoms with Crippen molar-refractivity contribution in [3.05, 3.63) is 23.4 Å². The molecule has 6 heteroatoms. The molecule has 2 N–H and O–H groups in total. The number of anilines is 1. The van der Waals surface area contributed by atoms with Crippen LogP contribution >= 0.6 is 11.6 Å². The molecule has 1 saturated carbocycles. The third-order valence-corrected chi connectivity index (χ3v) is 4.54. The van der Waals surface area contributed by atoms with E-state index in [9.17, 15) is 9.90 Å². The molecule has 1 amide bonds. The lowest BCUT2D eigenvalue weighted by molar-refractivity contribution is -0.122. The maximum atomic E-state index is 11.9. The van der Waals surface area contributed by atoms with Gasteiger partial charge in [-0.15, -0.1) is 0 Å². The maximum Gasteiger partial charge on any atom is 0.220 e. The topological polar surface area (TPSA) is 65.5 Å². The molecule has 1 aromatic heterocycles. The second-order valence-electron chi connectivity index (χ2n) is 6.29. The number of hydrogen-bond donors (Lipinski definition) is 2. The van der Waals surface area contributed by atoms with E-state index in [0.29, 0.717) is 11.4 Å². The molecule has 23 heavy (non-hydrogen) atoms. The van der Waals surface area contributed by atoms with E-state index in [1.54, 1.807) is 6.20 Å². The number of carbonyl (C=O) groups is 1. The Labute approximate surface area is 143 Å². The Morgan fingerprint density at radius 3 is 2.74 bits per heavy atom. The number of hydrogen-bond acceptors (Lipinski definition) is 4. The molecule has 1 aliphatic carbocycles. The SMILES string of the molecule is CN(CCCCC(=O)NC1CCC(O)CC1)c1ccc(Cl)cn1. The third-order valence-electron chi connectivity index (χ3n) is 4.31. The maximum absolute atomic E-state index is 11.9. The fourth-order valence-corrected chi connectivity index (χ4v) is 2.97. The lowest BCUT2D eigenvalue weighted by Gasteiger charge is -2.26. The number of rotatable bonds is 7. The first-order valence-electron chi connectivity index (χ1n) is 8.34. The Morgan fingerprint density at radius 1 is 1.35 bits per heavy atom. The predicted octanol–water partition coefficient (Wildman–Crippen LogP) is 2.76. The van der Waals surface area contributed by atoms with Gasteiger partial charge >= 0.3 is 0 Å². The van der Waals surface area contributed by atoms with Gasteiger partial charge in [-0.1, -0.05) is 11.6 Å². The van der Waals surface area contributed by atoms with Crippen LogP contribution in [0.2, 0.25) is 5.02 Å². The quantitative estimate of drug-likeness (QED) is 0.750. The predicted molar refractivity (Wildman–Crippen MR) is 92.8 cm³/mol. The third kappa shape index (κ3) is 6.36. The molecule has 0 radical (unpaired) electrons. The molecule has 128 valence electrons. The molecule has 0 aromatic carbocycles. The average molecular weight is 340 g/mol. The highest BCUT2D eigenvalue weighted by molar-refractivity contribution is 6.30. The summed E-state index contributed by atoms with van der Waals surface area (Å²) in [7, 11) is 1.99. The first kappa shape index (κ1) is 18.0. The molecule has 0 atom stereocenters. The number of unbranched alkanes of at least 4 members (excludes halogenated alkanes) is 1. The number of amides is 1. The van der Waals surface area contributed by atoms with Crippen LogP contribution in [-0.4, -0.2) is 41.7 Å². The number of aliphatic hydroxyl groups excluding tert-OH is 1. The molecule has 5 nitrogen and oxygen atoms in total. The Kier molecular flexibility index (Phi) is 7.12. The molecule has 1 aromatic rings. The average Bonchev–Trinajstić information content (AvgIpc) is 2.54. The fraction of sp³-hybridized carbons (Fsp3) is 0.647. The summed E-state index contributed by atoms with van der Waals surface area (Å²) in [4.78, 5) is 18.3. The van der Waals surface area contributed by atoms with Crippen LogP contribution in [0.25, 0.3) is 0 Å². The van der Waals surface area contributed by atoms with Crippen molar-refractivity contribution in [2.24, 2.45) is 0 Å². The largest absolute Gasteiger partial charge is 0.393 e. The van der Waals surface area contributed by atoms with Gasteiger partial charge in [-0.05, 0) is 50.7 Å². The molecule has 0 spiro atoms. The van der Waals surface area contributed by atoms with E-state index < -0.39 is 0 Å². The van der Waals surface area contributed by atoms with Gasteiger partial charge in [0.25, 0.3) is 0 Å². The van der Waals surface area contributed by atoms with Crippen LogP contribution in [0.4, 0.5) is 5.82 Å². The second-order valence-corrected chi connectivity index (χ2v) is 6.72. The summed E-state index contributed by atoms with van der Waals surface area (Å²) in [5.41, 5.74) is 0. The van der Waals surface area contributed by atoms with E-state index in [2.05, 4.69) is 15.2 Å². The number of aliphatic hydroxyl groups is 1. The highest BCUT2D eigenvalue weighted by Gasteiger charge is 2.20. The summed E-state index contributed by atoms with van der Waals surface area (Å²) in [6, 6.07) is 3.97. The van der Waals surface area contributed by atoms with E-state index in [1.165, 1.54) is 0 Å². The van der Waals surface area contributed by atoms with Gasteiger partial charge in [0, 0.05) is 32.3 Å². The Morgan fingerprint density at radius 2 is 2.09 bits per heavy atom. The van der Waals surface area contributed by atoms with Crippen LogP contribution in [0.1, 0.15) is 44.9 Å². The standard InChI is InChI=1S/C17H26ClN3O2/c1-21(16-10-5-13(18)12-19-16)11-3-2-4-17(23)20-14-6-8-15(22)9-7-14/h5,10,12,14-15,22H,2-4,6-9,11H2,1H3,(H,20,23). The van der Waals surface area contributed by atoms with Gasteiger partial charge in [0.15, 0.2) is 0 Å². The van der Waals surface area contributed by atoms with Crippen molar-refractivity contribution in [1.29, 1.82) is 0 Å². The van der Waals surface area contributed by atoms with Gasteiger partial charge in [-0.3, -0.25) is 4.79 Å². The summed E-state index contributed by atoms with van der Waals surface area (Å²) < 4.78 is 0. The van der Waals surface area contributed by atoms with Gasteiger partial charge in [0.2, 0.25) is 5.91 Å². The van der Waals surface area contributed by atoms with Crippen LogP contribution in [0.5, 0.6) is 0 Å². The van der Waals surface area contributed by atoms with Crippen molar-refractivity contribution in [1.82, 2.24) is 10.3 Å². The van der Waals surface area contributed by atoms with Gasteiger partial charge < -0.3 is 15.3 Å². The van der Waals surface area contributed by atoms with Crippen LogP contribution in [0.15, 0.2) is 18.3 Å². The van der Waals surface area contributed by atoms with Crippen LogP contribution in [-0.2, 0) is 4.79 Å². The first-order chi connectivity index (χ1) is 11.0. The molecule has 1 aliphatic rings. The van der Waals surface area contributed by atoms with Gasteiger partial charge in [0.1, 0.15) is 5.82 Å². The lowest BCUT2D eigenvalue weighted by Crippen LogP contribution is -2.38. The zero-order valence-electron chi connectivity index (χ0n) is 13.7. The highest BCUT2D eigenvalue weighted by atomic mass is 35.5. The van der Waals surface area contributed by atoms with E-state index >= 15 is 0 Å². The molecular formula is C17H26ClN3O2. The van der Waals surface area contributed by atoms with E-state index in [-0.39, 0.29) is 18.1 Å². The zero-order chi connectivity index (χ0) is 16.7. The number of nitrogens with one attached hydrogen (secondary N) is 1. The van der Waals surface area contributed by atoms with E-state index in [1.807, 2.05) is 19.2 Å². The van der Waals surface area contributed by atoms with Crippen LogP contribution in [0.3, 0.4) is 0 Å². The molecule has 0 aliphatic heterocycles.